The van der Waals surface area contributed by atoms with E-state index >= 15 is 0 Å². The van der Waals surface area contributed by atoms with E-state index in [-0.39, 0.29) is 18.2 Å². The number of nitrogens with zero attached hydrogens (tertiary/aromatic N) is 3. The lowest BCUT2D eigenvalue weighted by atomic mass is 10.1. The number of anilines is 2. The predicted octanol–water partition coefficient (Wildman–Crippen LogP) is 4.17. The second-order valence-electron chi connectivity index (χ2n) is 7.13. The van der Waals surface area contributed by atoms with E-state index in [1.165, 1.54) is 12.5 Å². The Morgan fingerprint density at radius 2 is 2.16 bits per heavy atom. The van der Waals surface area contributed by atoms with Crippen LogP contribution in [0, 0.1) is 0 Å². The molecule has 0 radical (unpaired) electrons. The first kappa shape index (κ1) is 19.3. The molecule has 1 aliphatic rings. The minimum atomic E-state index is -0.139. The summed E-state index contributed by atoms with van der Waals surface area (Å²) in [4.78, 5) is 31.0. The first-order chi connectivity index (χ1) is 15.2. The molecule has 0 saturated carbocycles. The van der Waals surface area contributed by atoms with Crippen molar-refractivity contribution in [3.8, 4) is 11.4 Å². The summed E-state index contributed by atoms with van der Waals surface area (Å²) < 4.78 is 10.2. The van der Waals surface area contributed by atoms with Gasteiger partial charge in [-0.25, -0.2) is 0 Å². The van der Waals surface area contributed by atoms with Crippen molar-refractivity contribution in [2.45, 2.75) is 19.3 Å². The molecule has 0 aliphatic carbocycles. The second-order valence-corrected chi connectivity index (χ2v) is 7.91. The largest absolute Gasteiger partial charge is 0.472 e. The molecule has 2 amide bonds. The summed E-state index contributed by atoms with van der Waals surface area (Å²) >= 11 is 1.56. The number of amides is 2. The van der Waals surface area contributed by atoms with Crippen molar-refractivity contribution in [3.63, 3.8) is 0 Å². The zero-order valence-electron chi connectivity index (χ0n) is 16.4. The standard InChI is InChI=1S/C22H18N4O4S/c27-19(3-4-20-24-21(25-30-20)16-7-10-31-13-16)23-17-1-2-18-14(11-17)5-8-26(18)22(28)15-6-9-29-12-15/h1-2,6-7,9-13H,3-5,8H2,(H,23,27). The first-order valence-electron chi connectivity index (χ1n) is 9.79. The van der Waals surface area contributed by atoms with Crippen LogP contribution in [0.2, 0.25) is 0 Å². The summed E-state index contributed by atoms with van der Waals surface area (Å²) in [6.45, 7) is 0.598. The van der Waals surface area contributed by atoms with Gasteiger partial charge in [-0.15, -0.1) is 0 Å². The SMILES string of the molecule is O=C(CCc1nc(-c2ccsc2)no1)Nc1ccc2c(c1)CCN2C(=O)c1ccoc1. The van der Waals surface area contributed by atoms with E-state index in [0.29, 0.717) is 35.9 Å². The highest BCUT2D eigenvalue weighted by atomic mass is 32.1. The molecule has 0 unspecified atom stereocenters. The van der Waals surface area contributed by atoms with E-state index in [4.69, 9.17) is 8.94 Å². The maximum Gasteiger partial charge on any atom is 0.261 e. The third kappa shape index (κ3) is 3.99. The smallest absolute Gasteiger partial charge is 0.261 e. The van der Waals surface area contributed by atoms with Crippen LogP contribution < -0.4 is 10.2 Å². The predicted molar refractivity (Wildman–Crippen MR) is 115 cm³/mol. The van der Waals surface area contributed by atoms with Gasteiger partial charge in [-0.05, 0) is 47.7 Å². The van der Waals surface area contributed by atoms with Crippen LogP contribution in [-0.2, 0) is 17.6 Å². The highest BCUT2D eigenvalue weighted by Crippen LogP contribution is 2.31. The lowest BCUT2D eigenvalue weighted by molar-refractivity contribution is -0.116. The van der Waals surface area contributed by atoms with Crippen LogP contribution in [0.15, 0.2) is 62.6 Å². The highest BCUT2D eigenvalue weighted by molar-refractivity contribution is 7.08. The molecule has 0 atom stereocenters. The van der Waals surface area contributed by atoms with E-state index in [0.717, 1.165) is 23.2 Å². The Hall–Kier alpha value is -3.72. The lowest BCUT2D eigenvalue weighted by Crippen LogP contribution is -2.28. The molecule has 0 saturated heterocycles. The number of fused-ring (bicyclic) bond motifs is 1. The average molecular weight is 434 g/mol. The summed E-state index contributed by atoms with van der Waals surface area (Å²) in [6, 6.07) is 9.16. The average Bonchev–Trinajstić information content (AvgIpc) is 3.57. The maximum absolute atomic E-state index is 12.6. The number of hydrogen-bond donors (Lipinski definition) is 1. The lowest BCUT2D eigenvalue weighted by Gasteiger charge is -2.16. The minimum Gasteiger partial charge on any atom is -0.472 e. The fraction of sp³-hybridized carbons (Fsp3) is 0.182. The molecule has 4 aromatic rings. The van der Waals surface area contributed by atoms with Crippen molar-refractivity contribution in [2.24, 2.45) is 0 Å². The van der Waals surface area contributed by atoms with Crippen molar-refractivity contribution in [2.75, 3.05) is 16.8 Å². The molecule has 0 fully saturated rings. The third-order valence-corrected chi connectivity index (χ3v) is 5.77. The van der Waals surface area contributed by atoms with Gasteiger partial charge in [0.1, 0.15) is 6.26 Å². The molecular weight excluding hydrogens is 416 g/mol. The fourth-order valence-electron chi connectivity index (χ4n) is 3.54. The number of carbonyl (C=O) groups excluding carboxylic acids is 2. The number of thiophene rings is 1. The van der Waals surface area contributed by atoms with Crippen molar-refractivity contribution in [1.82, 2.24) is 10.1 Å². The van der Waals surface area contributed by atoms with Crippen molar-refractivity contribution in [3.05, 3.63) is 70.6 Å². The Bertz CT molecular complexity index is 1210. The molecule has 156 valence electrons. The maximum atomic E-state index is 12.6. The summed E-state index contributed by atoms with van der Waals surface area (Å²) in [7, 11) is 0. The first-order valence-corrected chi connectivity index (χ1v) is 10.7. The highest BCUT2D eigenvalue weighted by Gasteiger charge is 2.26. The Morgan fingerprint density at radius 1 is 1.23 bits per heavy atom. The van der Waals surface area contributed by atoms with Gasteiger partial charge in [0, 0.05) is 41.7 Å². The Morgan fingerprint density at radius 3 is 2.97 bits per heavy atom. The normalized spacial score (nSPS) is 12.7. The van der Waals surface area contributed by atoms with Crippen molar-refractivity contribution >= 4 is 34.5 Å². The van der Waals surface area contributed by atoms with E-state index in [9.17, 15) is 9.59 Å². The molecular formula is C22H18N4O4S. The van der Waals surface area contributed by atoms with Crippen LogP contribution in [0.4, 0.5) is 11.4 Å². The van der Waals surface area contributed by atoms with Crippen LogP contribution in [0.25, 0.3) is 11.4 Å². The molecule has 3 aromatic heterocycles. The molecule has 0 spiro atoms. The molecule has 1 aromatic carbocycles. The number of hydrogen-bond acceptors (Lipinski definition) is 7. The monoisotopic (exact) mass is 434 g/mol. The quantitative estimate of drug-likeness (QED) is 0.489. The summed E-state index contributed by atoms with van der Waals surface area (Å²) in [5.74, 6) is 0.730. The van der Waals surface area contributed by atoms with Crippen LogP contribution in [-0.4, -0.2) is 28.5 Å². The van der Waals surface area contributed by atoms with Gasteiger partial charge in [-0.1, -0.05) is 5.16 Å². The molecule has 0 bridgehead atoms. The van der Waals surface area contributed by atoms with Gasteiger partial charge in [0.15, 0.2) is 0 Å². The van der Waals surface area contributed by atoms with Crippen molar-refractivity contribution in [1.29, 1.82) is 0 Å². The van der Waals surface area contributed by atoms with Gasteiger partial charge in [0.05, 0.1) is 11.8 Å². The van der Waals surface area contributed by atoms with Crippen LogP contribution in [0.3, 0.4) is 0 Å². The molecule has 4 heterocycles. The molecule has 9 heteroatoms. The number of aryl methyl sites for hydroxylation is 1. The Balaban J connectivity index is 1.19. The van der Waals surface area contributed by atoms with Gasteiger partial charge in [-0.2, -0.15) is 16.3 Å². The topological polar surface area (TPSA) is 101 Å². The second kappa shape index (κ2) is 8.19. The Labute approximate surface area is 181 Å². The van der Waals surface area contributed by atoms with E-state index in [1.54, 1.807) is 28.4 Å². The van der Waals surface area contributed by atoms with Crippen LogP contribution in [0.1, 0.15) is 28.2 Å². The zero-order chi connectivity index (χ0) is 21.2. The summed E-state index contributed by atoms with van der Waals surface area (Å²) in [5.41, 5.74) is 4.00. The molecule has 5 rings (SSSR count). The minimum absolute atomic E-state index is 0.0920. The van der Waals surface area contributed by atoms with Gasteiger partial charge in [0.25, 0.3) is 5.91 Å². The molecule has 1 aliphatic heterocycles. The Kier molecular flexibility index (Phi) is 5.09. The van der Waals surface area contributed by atoms with Crippen molar-refractivity contribution < 1.29 is 18.5 Å². The molecule has 31 heavy (non-hydrogen) atoms. The van der Waals surface area contributed by atoms with Gasteiger partial charge >= 0.3 is 0 Å². The van der Waals surface area contributed by atoms with Gasteiger partial charge in [0.2, 0.25) is 17.6 Å². The zero-order valence-corrected chi connectivity index (χ0v) is 17.2. The summed E-state index contributed by atoms with van der Waals surface area (Å²) in [5, 5.41) is 10.7. The van der Waals surface area contributed by atoms with E-state index in [2.05, 4.69) is 15.5 Å². The number of nitrogens with one attached hydrogen (secondary N) is 1. The third-order valence-electron chi connectivity index (χ3n) is 5.09. The number of rotatable bonds is 6. The number of aromatic nitrogens is 2. The van der Waals surface area contributed by atoms with E-state index < -0.39 is 0 Å². The summed E-state index contributed by atoms with van der Waals surface area (Å²) in [6.07, 6.45) is 4.26. The van der Waals surface area contributed by atoms with Crippen LogP contribution in [0.5, 0.6) is 0 Å². The number of furan rings is 1. The number of carbonyl (C=O) groups is 2. The van der Waals surface area contributed by atoms with Gasteiger partial charge < -0.3 is 19.2 Å². The molecule has 8 nitrogen and oxygen atoms in total. The van der Waals surface area contributed by atoms with Gasteiger partial charge in [-0.3, -0.25) is 9.59 Å². The fourth-order valence-corrected chi connectivity index (χ4v) is 4.18. The van der Waals surface area contributed by atoms with Crippen LogP contribution >= 0.6 is 11.3 Å². The van der Waals surface area contributed by atoms with E-state index in [1.807, 2.05) is 29.0 Å². The molecule has 1 N–H and O–H groups in total. The number of benzene rings is 1.